The second kappa shape index (κ2) is 4.38. The first-order valence-corrected chi connectivity index (χ1v) is 6.64. The highest BCUT2D eigenvalue weighted by Gasteiger charge is 2.30. The van der Waals surface area contributed by atoms with E-state index in [4.69, 9.17) is 11.6 Å². The summed E-state index contributed by atoms with van der Waals surface area (Å²) >= 11 is 5.91. The molecule has 88 valence electrons. The van der Waals surface area contributed by atoms with Crippen LogP contribution < -0.4 is 0 Å². The van der Waals surface area contributed by atoms with E-state index in [1.807, 2.05) is 10.9 Å². The largest absolute Gasteiger partial charge is 0.298 e. The molecule has 1 unspecified atom stereocenters. The number of halogens is 1. The van der Waals surface area contributed by atoms with E-state index in [0.717, 1.165) is 17.6 Å². The maximum Gasteiger partial charge on any atom is 0.0785 e. The van der Waals surface area contributed by atoms with Gasteiger partial charge in [-0.2, -0.15) is 5.10 Å². The summed E-state index contributed by atoms with van der Waals surface area (Å²) in [6.07, 6.45) is 10.5. The second-order valence-electron chi connectivity index (χ2n) is 5.01. The van der Waals surface area contributed by atoms with Gasteiger partial charge < -0.3 is 0 Å². The number of aromatic nitrogens is 2. The van der Waals surface area contributed by atoms with E-state index in [-0.39, 0.29) is 0 Å². The molecule has 0 radical (unpaired) electrons. The van der Waals surface area contributed by atoms with Gasteiger partial charge in [-0.05, 0) is 19.3 Å². The molecule has 1 aliphatic carbocycles. The molecular weight excluding hydrogens is 222 g/mol. The lowest BCUT2D eigenvalue weighted by Crippen LogP contribution is -2.31. The molecule has 1 saturated carbocycles. The lowest BCUT2D eigenvalue weighted by Gasteiger charge is -2.23. The van der Waals surface area contributed by atoms with Gasteiger partial charge in [-0.15, -0.1) is 0 Å². The van der Waals surface area contributed by atoms with E-state index in [0.29, 0.717) is 6.04 Å². The second-order valence-corrected chi connectivity index (χ2v) is 5.45. The predicted octanol–water partition coefficient (Wildman–Crippen LogP) is 2.73. The normalized spacial score (nSPS) is 27.9. The maximum atomic E-state index is 5.91. The number of nitrogens with zero attached hydrogens (tertiary/aromatic N) is 3. The number of hydrogen-bond donors (Lipinski definition) is 0. The Hall–Kier alpha value is -0.540. The quantitative estimate of drug-likeness (QED) is 0.791. The highest BCUT2D eigenvalue weighted by Crippen LogP contribution is 2.30. The van der Waals surface area contributed by atoms with Gasteiger partial charge in [-0.1, -0.05) is 24.4 Å². The molecule has 1 atom stereocenters. The van der Waals surface area contributed by atoms with Crippen molar-refractivity contribution in [2.45, 2.75) is 44.2 Å². The highest BCUT2D eigenvalue weighted by atomic mass is 35.5. The average Bonchev–Trinajstić information content (AvgIpc) is 2.97. The molecule has 3 nitrogen and oxygen atoms in total. The SMILES string of the molecule is Clc1cnn(C2CCN(C3CCCC3)C2)c1. The third kappa shape index (κ3) is 1.98. The molecule has 16 heavy (non-hydrogen) atoms. The van der Waals surface area contributed by atoms with E-state index >= 15 is 0 Å². The van der Waals surface area contributed by atoms with Gasteiger partial charge in [0.25, 0.3) is 0 Å². The fraction of sp³-hybridized carbons (Fsp3) is 0.750. The zero-order valence-electron chi connectivity index (χ0n) is 9.48. The monoisotopic (exact) mass is 239 g/mol. The van der Waals surface area contributed by atoms with Gasteiger partial charge in [-0.25, -0.2) is 0 Å². The zero-order valence-corrected chi connectivity index (χ0v) is 10.2. The van der Waals surface area contributed by atoms with Crippen molar-refractivity contribution < 1.29 is 0 Å². The average molecular weight is 240 g/mol. The summed E-state index contributed by atoms with van der Waals surface area (Å²) < 4.78 is 2.04. The van der Waals surface area contributed by atoms with Crippen molar-refractivity contribution in [3.05, 3.63) is 17.4 Å². The molecule has 1 aliphatic heterocycles. The predicted molar refractivity (Wildman–Crippen MR) is 64.7 cm³/mol. The maximum absolute atomic E-state index is 5.91. The highest BCUT2D eigenvalue weighted by molar-refractivity contribution is 6.30. The molecule has 1 aromatic heterocycles. The van der Waals surface area contributed by atoms with Gasteiger partial charge in [0.15, 0.2) is 0 Å². The molecule has 0 aromatic carbocycles. The molecule has 1 saturated heterocycles. The molecule has 3 rings (SSSR count). The molecular formula is C12H18ClN3. The Morgan fingerprint density at radius 2 is 2.00 bits per heavy atom. The van der Waals surface area contributed by atoms with Crippen molar-refractivity contribution in [3.63, 3.8) is 0 Å². The molecule has 2 fully saturated rings. The fourth-order valence-corrected chi connectivity index (χ4v) is 3.24. The van der Waals surface area contributed by atoms with Crippen LogP contribution in [0, 0.1) is 0 Å². The Balaban J connectivity index is 1.64. The van der Waals surface area contributed by atoms with Gasteiger partial charge in [0, 0.05) is 25.3 Å². The van der Waals surface area contributed by atoms with Crippen molar-refractivity contribution >= 4 is 11.6 Å². The summed E-state index contributed by atoms with van der Waals surface area (Å²) in [5.41, 5.74) is 0. The van der Waals surface area contributed by atoms with Crippen LogP contribution in [0.25, 0.3) is 0 Å². The first-order chi connectivity index (χ1) is 7.83. The van der Waals surface area contributed by atoms with Crippen molar-refractivity contribution in [2.75, 3.05) is 13.1 Å². The standard InChI is InChI=1S/C12H18ClN3/c13-10-7-14-16(8-10)12-5-6-15(9-12)11-3-1-2-4-11/h7-8,11-12H,1-6,9H2. The molecule has 2 heterocycles. The van der Waals surface area contributed by atoms with Crippen molar-refractivity contribution in [1.29, 1.82) is 0 Å². The number of rotatable bonds is 2. The van der Waals surface area contributed by atoms with Crippen LogP contribution in [-0.4, -0.2) is 33.8 Å². The van der Waals surface area contributed by atoms with Crippen molar-refractivity contribution in [1.82, 2.24) is 14.7 Å². The van der Waals surface area contributed by atoms with Crippen LogP contribution in [0.5, 0.6) is 0 Å². The fourth-order valence-electron chi connectivity index (χ4n) is 3.10. The Labute approximate surface area is 101 Å². The third-order valence-corrected chi connectivity index (χ3v) is 4.18. The summed E-state index contributed by atoms with van der Waals surface area (Å²) in [7, 11) is 0. The third-order valence-electron chi connectivity index (χ3n) is 3.98. The summed E-state index contributed by atoms with van der Waals surface area (Å²) in [6, 6.07) is 1.38. The number of likely N-dealkylation sites (tertiary alicyclic amines) is 1. The van der Waals surface area contributed by atoms with Crippen LogP contribution >= 0.6 is 11.6 Å². The van der Waals surface area contributed by atoms with Crippen molar-refractivity contribution in [2.24, 2.45) is 0 Å². The molecule has 0 bridgehead atoms. The minimum atomic E-state index is 0.535. The van der Waals surface area contributed by atoms with Gasteiger partial charge in [0.2, 0.25) is 0 Å². The summed E-state index contributed by atoms with van der Waals surface area (Å²) in [6.45, 7) is 2.38. The molecule has 4 heteroatoms. The lowest BCUT2D eigenvalue weighted by atomic mass is 10.2. The van der Waals surface area contributed by atoms with E-state index in [2.05, 4.69) is 10.00 Å². The molecule has 0 spiro atoms. The van der Waals surface area contributed by atoms with Crippen LogP contribution in [0.3, 0.4) is 0 Å². The first-order valence-electron chi connectivity index (χ1n) is 6.26. The van der Waals surface area contributed by atoms with Gasteiger partial charge >= 0.3 is 0 Å². The van der Waals surface area contributed by atoms with Crippen LogP contribution in [0.4, 0.5) is 0 Å². The summed E-state index contributed by atoms with van der Waals surface area (Å²) in [4.78, 5) is 2.65. The van der Waals surface area contributed by atoms with Gasteiger partial charge in [-0.3, -0.25) is 9.58 Å². The van der Waals surface area contributed by atoms with E-state index in [9.17, 15) is 0 Å². The lowest BCUT2D eigenvalue weighted by molar-refractivity contribution is 0.235. The van der Waals surface area contributed by atoms with Crippen LogP contribution in [-0.2, 0) is 0 Å². The molecule has 0 N–H and O–H groups in total. The van der Waals surface area contributed by atoms with E-state index in [1.165, 1.54) is 38.6 Å². The summed E-state index contributed by atoms with van der Waals surface area (Å²) in [5.74, 6) is 0. The van der Waals surface area contributed by atoms with Crippen LogP contribution in [0.2, 0.25) is 5.02 Å². The van der Waals surface area contributed by atoms with Crippen molar-refractivity contribution in [3.8, 4) is 0 Å². The van der Waals surface area contributed by atoms with Crippen LogP contribution in [0.1, 0.15) is 38.1 Å². The minimum absolute atomic E-state index is 0.535. The van der Waals surface area contributed by atoms with E-state index < -0.39 is 0 Å². The first kappa shape index (κ1) is 10.6. The molecule has 1 aromatic rings. The Bertz CT molecular complexity index is 357. The van der Waals surface area contributed by atoms with E-state index in [1.54, 1.807) is 6.20 Å². The van der Waals surface area contributed by atoms with Crippen LogP contribution in [0.15, 0.2) is 12.4 Å². The minimum Gasteiger partial charge on any atom is -0.298 e. The summed E-state index contributed by atoms with van der Waals surface area (Å²) in [5, 5.41) is 5.07. The topological polar surface area (TPSA) is 21.1 Å². The Kier molecular flexibility index (Phi) is 2.90. The zero-order chi connectivity index (χ0) is 11.0. The van der Waals surface area contributed by atoms with Gasteiger partial charge in [0.1, 0.15) is 0 Å². The Morgan fingerprint density at radius 1 is 1.19 bits per heavy atom. The van der Waals surface area contributed by atoms with Gasteiger partial charge in [0.05, 0.1) is 17.3 Å². The molecule has 0 amide bonds. The molecule has 2 aliphatic rings. The number of hydrogen-bond acceptors (Lipinski definition) is 2. The smallest absolute Gasteiger partial charge is 0.0785 e. The Morgan fingerprint density at radius 3 is 2.69 bits per heavy atom.